The molecule has 3 rings (SSSR count). The van der Waals surface area contributed by atoms with Gasteiger partial charge < -0.3 is 15.0 Å². The Labute approximate surface area is 112 Å². The Balaban J connectivity index is 1.85. The van der Waals surface area contributed by atoms with E-state index >= 15 is 0 Å². The van der Waals surface area contributed by atoms with E-state index in [1.807, 2.05) is 6.07 Å². The monoisotopic (exact) mass is 263 g/mol. The van der Waals surface area contributed by atoms with E-state index < -0.39 is 0 Å². The summed E-state index contributed by atoms with van der Waals surface area (Å²) in [5.41, 5.74) is 2.09. The van der Waals surface area contributed by atoms with Gasteiger partial charge in [0.15, 0.2) is 0 Å². The van der Waals surface area contributed by atoms with Crippen LogP contribution in [0.3, 0.4) is 0 Å². The van der Waals surface area contributed by atoms with Crippen LogP contribution in [0.4, 0.5) is 10.1 Å². The van der Waals surface area contributed by atoms with Gasteiger partial charge in [-0.1, -0.05) is 6.07 Å². The number of nitrogens with one attached hydrogen (secondary N) is 1. The van der Waals surface area contributed by atoms with Gasteiger partial charge in [0.1, 0.15) is 11.7 Å². The number of hydrogen-bond acceptors (Lipinski definition) is 4. The van der Waals surface area contributed by atoms with Crippen molar-refractivity contribution in [1.29, 1.82) is 0 Å². The van der Waals surface area contributed by atoms with Crippen LogP contribution in [0.5, 0.6) is 0 Å². The van der Waals surface area contributed by atoms with Gasteiger partial charge in [-0.2, -0.15) is 0 Å². The van der Waals surface area contributed by atoms with Crippen molar-refractivity contribution in [1.82, 2.24) is 5.32 Å². The van der Waals surface area contributed by atoms with Crippen LogP contribution in [0.15, 0.2) is 23.2 Å². The topological polar surface area (TPSA) is 36.9 Å². The van der Waals surface area contributed by atoms with Gasteiger partial charge in [0.05, 0.1) is 19.8 Å². The maximum Gasteiger partial charge on any atom is 0.125 e. The average Bonchev–Trinajstić information content (AvgIpc) is 2.95. The molecule has 0 unspecified atom stereocenters. The summed E-state index contributed by atoms with van der Waals surface area (Å²) in [5, 5.41) is 3.26. The van der Waals surface area contributed by atoms with Crippen molar-refractivity contribution < 1.29 is 9.13 Å². The normalized spacial score (nSPS) is 19.2. The van der Waals surface area contributed by atoms with E-state index in [1.54, 1.807) is 6.07 Å². The Hall–Kier alpha value is -1.62. The molecule has 4 nitrogen and oxygen atoms in total. The fourth-order valence-corrected chi connectivity index (χ4v) is 2.53. The second-order valence-electron chi connectivity index (χ2n) is 4.80. The highest BCUT2D eigenvalue weighted by Crippen LogP contribution is 2.24. The number of ether oxygens (including phenoxy) is 1. The van der Waals surface area contributed by atoms with Gasteiger partial charge in [-0.15, -0.1) is 0 Å². The molecular weight excluding hydrogens is 245 g/mol. The zero-order valence-electron chi connectivity index (χ0n) is 10.9. The third kappa shape index (κ3) is 2.87. The zero-order valence-corrected chi connectivity index (χ0v) is 10.9. The molecule has 1 aromatic carbocycles. The van der Waals surface area contributed by atoms with E-state index in [2.05, 4.69) is 15.2 Å². The summed E-state index contributed by atoms with van der Waals surface area (Å²) < 4.78 is 18.9. The molecule has 0 amide bonds. The number of aliphatic imine (C=N–C) groups is 1. The molecule has 1 N–H and O–H groups in total. The third-order valence-electron chi connectivity index (χ3n) is 3.50. The molecule has 19 heavy (non-hydrogen) atoms. The van der Waals surface area contributed by atoms with E-state index in [0.717, 1.165) is 49.7 Å². The first-order valence-electron chi connectivity index (χ1n) is 6.71. The molecule has 1 saturated heterocycles. The van der Waals surface area contributed by atoms with Crippen LogP contribution in [0, 0.1) is 5.82 Å². The standard InChI is InChI=1S/C14H18FN3O/c15-12-2-1-11(9-14-16-3-4-17-14)13(10-12)18-5-7-19-8-6-18/h1-2,10H,3-9H2,(H,16,17). The SMILES string of the molecule is Fc1ccc(CC2=NCCN2)c(N2CCOCC2)c1. The van der Waals surface area contributed by atoms with E-state index in [1.165, 1.54) is 6.07 Å². The second kappa shape index (κ2) is 5.57. The van der Waals surface area contributed by atoms with Crippen LogP contribution in [-0.2, 0) is 11.2 Å². The predicted molar refractivity (Wildman–Crippen MR) is 73.4 cm³/mol. The Bertz CT molecular complexity index is 484. The minimum absolute atomic E-state index is 0.188. The first-order valence-corrected chi connectivity index (χ1v) is 6.71. The average molecular weight is 263 g/mol. The van der Waals surface area contributed by atoms with Crippen molar-refractivity contribution in [3.8, 4) is 0 Å². The summed E-state index contributed by atoms with van der Waals surface area (Å²) in [4.78, 5) is 6.60. The van der Waals surface area contributed by atoms with Crippen LogP contribution in [0.2, 0.25) is 0 Å². The first-order chi connectivity index (χ1) is 9.33. The van der Waals surface area contributed by atoms with Gasteiger partial charge in [-0.25, -0.2) is 4.39 Å². The van der Waals surface area contributed by atoms with E-state index in [0.29, 0.717) is 13.2 Å². The third-order valence-corrected chi connectivity index (χ3v) is 3.50. The number of rotatable bonds is 3. The number of benzene rings is 1. The highest BCUT2D eigenvalue weighted by molar-refractivity contribution is 5.87. The number of anilines is 1. The molecule has 2 aliphatic rings. The summed E-state index contributed by atoms with van der Waals surface area (Å²) in [6.45, 7) is 4.78. The minimum Gasteiger partial charge on any atom is -0.378 e. The lowest BCUT2D eigenvalue weighted by Crippen LogP contribution is -2.37. The van der Waals surface area contributed by atoms with E-state index in [4.69, 9.17) is 4.74 Å². The lowest BCUT2D eigenvalue weighted by molar-refractivity contribution is 0.122. The van der Waals surface area contributed by atoms with Gasteiger partial charge in [0, 0.05) is 31.7 Å². The Morgan fingerprint density at radius 2 is 2.16 bits per heavy atom. The maximum absolute atomic E-state index is 13.5. The van der Waals surface area contributed by atoms with Crippen LogP contribution in [-0.4, -0.2) is 45.2 Å². The highest BCUT2D eigenvalue weighted by Gasteiger charge is 2.17. The summed E-state index contributed by atoms with van der Waals surface area (Å²) in [7, 11) is 0. The molecule has 102 valence electrons. The number of halogens is 1. The van der Waals surface area contributed by atoms with E-state index in [-0.39, 0.29) is 5.82 Å². The lowest BCUT2D eigenvalue weighted by atomic mass is 10.1. The predicted octanol–water partition coefficient (Wildman–Crippen LogP) is 1.21. The molecule has 1 aromatic rings. The Morgan fingerprint density at radius 1 is 1.32 bits per heavy atom. The summed E-state index contributed by atoms with van der Waals surface area (Å²) in [5.74, 6) is 0.813. The molecule has 2 aliphatic heterocycles. The Kier molecular flexibility index (Phi) is 3.64. The molecule has 0 aliphatic carbocycles. The number of nitrogens with zero attached hydrogens (tertiary/aromatic N) is 2. The fraction of sp³-hybridized carbons (Fsp3) is 0.500. The number of hydrogen-bond donors (Lipinski definition) is 1. The molecule has 0 saturated carbocycles. The Morgan fingerprint density at radius 3 is 2.89 bits per heavy atom. The number of morpholine rings is 1. The molecule has 0 spiro atoms. The smallest absolute Gasteiger partial charge is 0.125 e. The van der Waals surface area contributed by atoms with Crippen LogP contribution in [0.25, 0.3) is 0 Å². The molecule has 5 heteroatoms. The number of amidine groups is 1. The lowest BCUT2D eigenvalue weighted by Gasteiger charge is -2.30. The van der Waals surface area contributed by atoms with Crippen molar-refractivity contribution in [2.24, 2.45) is 4.99 Å². The van der Waals surface area contributed by atoms with E-state index in [9.17, 15) is 4.39 Å². The van der Waals surface area contributed by atoms with Crippen molar-refractivity contribution >= 4 is 11.5 Å². The summed E-state index contributed by atoms with van der Waals surface area (Å²) in [6, 6.07) is 5.01. The molecular formula is C14H18FN3O. The van der Waals surface area contributed by atoms with Crippen molar-refractivity contribution in [2.75, 3.05) is 44.3 Å². The molecule has 0 radical (unpaired) electrons. The first kappa shape index (κ1) is 12.4. The summed E-state index contributed by atoms with van der Waals surface area (Å²) >= 11 is 0. The molecule has 1 fully saturated rings. The largest absolute Gasteiger partial charge is 0.378 e. The minimum atomic E-state index is -0.188. The molecule has 0 aromatic heterocycles. The van der Waals surface area contributed by atoms with Gasteiger partial charge >= 0.3 is 0 Å². The van der Waals surface area contributed by atoms with Crippen molar-refractivity contribution in [2.45, 2.75) is 6.42 Å². The maximum atomic E-state index is 13.5. The molecule has 0 bridgehead atoms. The zero-order chi connectivity index (χ0) is 13.1. The van der Waals surface area contributed by atoms with Crippen LogP contribution in [0.1, 0.15) is 5.56 Å². The van der Waals surface area contributed by atoms with Gasteiger partial charge in [0.25, 0.3) is 0 Å². The molecule has 2 heterocycles. The van der Waals surface area contributed by atoms with Gasteiger partial charge in [0.2, 0.25) is 0 Å². The van der Waals surface area contributed by atoms with Gasteiger partial charge in [-0.3, -0.25) is 4.99 Å². The highest BCUT2D eigenvalue weighted by atomic mass is 19.1. The molecule has 0 atom stereocenters. The quantitative estimate of drug-likeness (QED) is 0.890. The summed E-state index contributed by atoms with van der Waals surface area (Å²) in [6.07, 6.45) is 0.743. The van der Waals surface area contributed by atoms with Crippen molar-refractivity contribution in [3.63, 3.8) is 0 Å². The fourth-order valence-electron chi connectivity index (χ4n) is 2.53. The van der Waals surface area contributed by atoms with Gasteiger partial charge in [-0.05, 0) is 17.7 Å². The van der Waals surface area contributed by atoms with Crippen molar-refractivity contribution in [3.05, 3.63) is 29.6 Å². The van der Waals surface area contributed by atoms with Crippen LogP contribution < -0.4 is 10.2 Å². The van der Waals surface area contributed by atoms with Crippen LogP contribution >= 0.6 is 0 Å². The second-order valence-corrected chi connectivity index (χ2v) is 4.80.